The molecule has 0 aromatic carbocycles. The van der Waals surface area contributed by atoms with Crippen LogP contribution in [0.4, 0.5) is 0 Å². The fourth-order valence-corrected chi connectivity index (χ4v) is 1.48. The summed E-state index contributed by atoms with van der Waals surface area (Å²) in [4.78, 5) is 4.58. The van der Waals surface area contributed by atoms with E-state index in [1.807, 2.05) is 0 Å². The van der Waals surface area contributed by atoms with Gasteiger partial charge >= 0.3 is 17.1 Å². The van der Waals surface area contributed by atoms with Gasteiger partial charge in [-0.15, -0.1) is 0 Å². The van der Waals surface area contributed by atoms with Crippen molar-refractivity contribution in [3.05, 3.63) is 12.4 Å². The Morgan fingerprint density at radius 2 is 1.53 bits per heavy atom. The van der Waals surface area contributed by atoms with E-state index in [-0.39, 0.29) is 85.0 Å². The van der Waals surface area contributed by atoms with Gasteiger partial charge in [-0.2, -0.15) is 0 Å². The number of unbranched alkanes of at least 4 members (excludes halogenated alkanes) is 3. The van der Waals surface area contributed by atoms with Crippen LogP contribution >= 0.6 is 0 Å². The number of nitrogens with zero attached hydrogens (tertiary/aromatic N) is 2. The van der Waals surface area contributed by atoms with Crippen molar-refractivity contribution in [2.24, 2.45) is 0 Å². The average molecular weight is 544 g/mol. The maximum absolute atomic E-state index is 2.37. The summed E-state index contributed by atoms with van der Waals surface area (Å²) in [5, 5.41) is 0. The second-order valence-electron chi connectivity index (χ2n) is 3.57. The quantitative estimate of drug-likeness (QED) is 0.251. The molecule has 0 bridgehead atoms. The van der Waals surface area contributed by atoms with Crippen molar-refractivity contribution in [3.8, 4) is 0 Å². The van der Waals surface area contributed by atoms with Gasteiger partial charge in [0.15, 0.2) is 0 Å². The van der Waals surface area contributed by atoms with Crippen LogP contribution in [0.2, 0.25) is 0 Å². The van der Waals surface area contributed by atoms with E-state index >= 15 is 0 Å². The van der Waals surface area contributed by atoms with Gasteiger partial charge in [-0.1, -0.05) is 26.2 Å². The molecule has 0 aromatic heterocycles. The number of hydrogen-bond acceptors (Lipinski definition) is 2. The summed E-state index contributed by atoms with van der Waals surface area (Å²) in [5.41, 5.74) is 0. The van der Waals surface area contributed by atoms with Gasteiger partial charge in [0, 0.05) is 26.0 Å². The number of hydrogen-bond donors (Lipinski definition) is 0. The summed E-state index contributed by atoms with van der Waals surface area (Å²) in [6.45, 7) is 4.55. The summed E-state index contributed by atoms with van der Waals surface area (Å²) in [6, 6.07) is 0. The molecule has 0 saturated heterocycles. The monoisotopic (exact) mass is 540 g/mol. The fraction of sp³-hybridized carbons (Fsp3) is 0.800. The van der Waals surface area contributed by atoms with Crippen LogP contribution in [0.5, 0.6) is 0 Å². The van der Waals surface area contributed by atoms with Gasteiger partial charge in [0.25, 0.3) is 0 Å². The third kappa shape index (κ3) is 15.7. The maximum Gasteiger partial charge on any atom is 4.00 e. The van der Waals surface area contributed by atoms with Crippen molar-refractivity contribution in [3.63, 3.8) is 0 Å². The molecule has 1 heterocycles. The van der Waals surface area contributed by atoms with Crippen LogP contribution in [0, 0.1) is 0 Å². The SMILES string of the molecule is CCCCCCN1C=CN(C)C1.[Br-].[Br-].[Br-].[Br-].[Fe+4]. The van der Waals surface area contributed by atoms with E-state index in [1.54, 1.807) is 0 Å². The summed E-state index contributed by atoms with van der Waals surface area (Å²) in [5.74, 6) is 0. The molecule has 0 atom stereocenters. The van der Waals surface area contributed by atoms with E-state index in [0.29, 0.717) is 0 Å². The molecule has 0 fully saturated rings. The van der Waals surface area contributed by atoms with Gasteiger partial charge in [-0.3, -0.25) is 0 Å². The predicted octanol–water partition coefficient (Wildman–Crippen LogP) is -9.74. The molecule has 1 aliphatic heterocycles. The second-order valence-corrected chi connectivity index (χ2v) is 3.57. The predicted molar refractivity (Wildman–Crippen MR) is 52.6 cm³/mol. The first kappa shape index (κ1) is 31.3. The van der Waals surface area contributed by atoms with Crippen molar-refractivity contribution in [1.29, 1.82) is 0 Å². The molecule has 0 saturated carbocycles. The molecule has 0 aliphatic carbocycles. The average Bonchev–Trinajstić information content (AvgIpc) is 2.45. The Kier molecular flexibility index (Phi) is 37.0. The third-order valence-electron chi connectivity index (χ3n) is 2.24. The van der Waals surface area contributed by atoms with E-state index in [1.165, 1.54) is 32.2 Å². The van der Waals surface area contributed by atoms with Crippen LogP contribution in [0.1, 0.15) is 32.6 Å². The van der Waals surface area contributed by atoms with Gasteiger partial charge < -0.3 is 77.7 Å². The molecule has 17 heavy (non-hydrogen) atoms. The molecule has 0 radical (unpaired) electrons. The largest absolute Gasteiger partial charge is 4.00 e. The molecule has 106 valence electrons. The maximum atomic E-state index is 2.37. The molecule has 1 aliphatic rings. The summed E-state index contributed by atoms with van der Waals surface area (Å²) >= 11 is 0. The van der Waals surface area contributed by atoms with Crippen molar-refractivity contribution in [2.45, 2.75) is 32.6 Å². The van der Waals surface area contributed by atoms with Crippen LogP contribution in [0.15, 0.2) is 12.4 Å². The van der Waals surface area contributed by atoms with Crippen molar-refractivity contribution >= 4 is 0 Å². The summed E-state index contributed by atoms with van der Waals surface area (Å²) in [7, 11) is 2.11. The zero-order chi connectivity index (χ0) is 8.81. The first-order chi connectivity index (χ1) is 5.83. The Balaban J connectivity index is -0.0000000960. The van der Waals surface area contributed by atoms with Crippen molar-refractivity contribution < 1.29 is 85.0 Å². The Hall–Kier alpha value is 1.78. The Labute approximate surface area is 158 Å². The Morgan fingerprint density at radius 3 is 1.94 bits per heavy atom. The minimum atomic E-state index is 0. The Bertz CT molecular complexity index is 161. The summed E-state index contributed by atoms with van der Waals surface area (Å²) < 4.78 is 0. The van der Waals surface area contributed by atoms with Crippen LogP contribution in [0.25, 0.3) is 0 Å². The van der Waals surface area contributed by atoms with E-state index in [9.17, 15) is 0 Å². The molecule has 7 heteroatoms. The standard InChI is InChI=1S/C10H20N2.4BrH.Fe/c1-3-4-5-6-7-12-9-8-11(2)10-12;;;;;/h8-9H,3-7,10H2,1-2H3;4*1H;/q;;;;;+4/p-4. The minimum absolute atomic E-state index is 0. The second kappa shape index (κ2) is 20.1. The van der Waals surface area contributed by atoms with E-state index in [4.69, 9.17) is 0 Å². The summed E-state index contributed by atoms with van der Waals surface area (Å²) in [6.07, 6.45) is 9.76. The Morgan fingerprint density at radius 1 is 0.941 bits per heavy atom. The molecule has 1 rings (SSSR count). The van der Waals surface area contributed by atoms with Crippen molar-refractivity contribution in [1.82, 2.24) is 9.80 Å². The topological polar surface area (TPSA) is 6.48 Å². The molecular weight excluding hydrogens is 524 g/mol. The zero-order valence-corrected chi connectivity index (χ0v) is 17.6. The van der Waals surface area contributed by atoms with E-state index in [0.717, 1.165) is 6.67 Å². The van der Waals surface area contributed by atoms with E-state index < -0.39 is 0 Å². The minimum Gasteiger partial charge on any atom is -1.00 e. The van der Waals surface area contributed by atoms with E-state index in [2.05, 4.69) is 36.2 Å². The van der Waals surface area contributed by atoms with Crippen LogP contribution in [-0.2, 0) is 17.1 Å². The van der Waals surface area contributed by atoms with Gasteiger partial charge in [-0.05, 0) is 6.42 Å². The fourth-order valence-electron chi connectivity index (χ4n) is 1.48. The van der Waals surface area contributed by atoms with Crippen LogP contribution < -0.4 is 67.9 Å². The normalized spacial score (nSPS) is 11.4. The first-order valence-corrected chi connectivity index (χ1v) is 4.95. The third-order valence-corrected chi connectivity index (χ3v) is 2.24. The number of halogens is 4. The number of rotatable bonds is 5. The first-order valence-electron chi connectivity index (χ1n) is 4.95. The van der Waals surface area contributed by atoms with Gasteiger partial charge in [0.1, 0.15) is 0 Å². The molecular formula is C10H20Br4FeN2. The molecule has 2 nitrogen and oxygen atoms in total. The van der Waals surface area contributed by atoms with Gasteiger partial charge in [0.05, 0.1) is 6.67 Å². The van der Waals surface area contributed by atoms with Crippen LogP contribution in [-0.4, -0.2) is 30.1 Å². The molecule has 0 amide bonds. The smallest absolute Gasteiger partial charge is 1.00 e. The zero-order valence-electron chi connectivity index (χ0n) is 10.2. The van der Waals surface area contributed by atoms with Crippen molar-refractivity contribution in [2.75, 3.05) is 20.3 Å². The van der Waals surface area contributed by atoms with Crippen LogP contribution in [0.3, 0.4) is 0 Å². The molecule has 0 aromatic rings. The van der Waals surface area contributed by atoms with Gasteiger partial charge in [0.2, 0.25) is 0 Å². The molecule has 0 N–H and O–H groups in total. The van der Waals surface area contributed by atoms with Gasteiger partial charge in [-0.25, -0.2) is 0 Å². The molecule has 0 spiro atoms. The molecule has 0 unspecified atom stereocenters.